The molecule has 30 heavy (non-hydrogen) atoms. The second-order valence-corrected chi connectivity index (χ2v) is 5.52. The predicted octanol–water partition coefficient (Wildman–Crippen LogP) is 4.64. The van der Waals surface area contributed by atoms with E-state index in [4.69, 9.17) is 24.7 Å². The SMILES string of the molecule is CCOc1cc(C#N)ncc1F.CCOc1cc(C#N)ncc1Oc1ccccc1. The Labute approximate surface area is 173 Å². The van der Waals surface area contributed by atoms with Crippen LogP contribution in [0.1, 0.15) is 25.2 Å². The van der Waals surface area contributed by atoms with Gasteiger partial charge in [-0.3, -0.25) is 0 Å². The molecule has 0 spiro atoms. The molecule has 0 atom stereocenters. The van der Waals surface area contributed by atoms with E-state index in [0.717, 1.165) is 6.20 Å². The van der Waals surface area contributed by atoms with Gasteiger partial charge < -0.3 is 14.2 Å². The van der Waals surface area contributed by atoms with Crippen LogP contribution < -0.4 is 14.2 Å². The summed E-state index contributed by atoms with van der Waals surface area (Å²) in [6.07, 6.45) is 2.47. The molecule has 0 N–H and O–H groups in total. The number of halogens is 1. The van der Waals surface area contributed by atoms with E-state index in [0.29, 0.717) is 36.2 Å². The minimum absolute atomic E-state index is 0.0732. The van der Waals surface area contributed by atoms with E-state index in [1.807, 2.05) is 43.3 Å². The first-order chi connectivity index (χ1) is 14.6. The molecule has 2 aromatic heterocycles. The molecule has 0 aliphatic carbocycles. The van der Waals surface area contributed by atoms with Gasteiger partial charge in [0.05, 0.1) is 25.6 Å². The second-order valence-electron chi connectivity index (χ2n) is 5.52. The quantitative estimate of drug-likeness (QED) is 0.588. The summed E-state index contributed by atoms with van der Waals surface area (Å²) in [5.74, 6) is 1.25. The van der Waals surface area contributed by atoms with E-state index >= 15 is 0 Å². The molecule has 0 radical (unpaired) electrons. The van der Waals surface area contributed by atoms with Crippen LogP contribution in [-0.4, -0.2) is 23.2 Å². The molecule has 0 aliphatic rings. The number of hydrogen-bond donors (Lipinski definition) is 0. The maximum atomic E-state index is 12.8. The summed E-state index contributed by atoms with van der Waals surface area (Å²) in [6.45, 7) is 4.48. The first-order valence-corrected chi connectivity index (χ1v) is 9.05. The molecule has 7 nitrogen and oxygen atoms in total. The monoisotopic (exact) mass is 406 g/mol. The third-order valence-electron chi connectivity index (χ3n) is 3.45. The standard InChI is InChI=1S/C14H12N2O2.C8H7FN2O/c1-2-17-13-8-11(9-15)16-10-14(13)18-12-6-4-3-5-7-12;1-2-12-8-3-6(4-10)11-5-7(8)9/h3-8,10H,2H2,1H3;3,5H,2H2,1H3. The Bertz CT molecular complexity index is 1050. The van der Waals surface area contributed by atoms with Crippen molar-refractivity contribution < 1.29 is 18.6 Å². The smallest absolute Gasteiger partial charge is 0.187 e. The number of aromatic nitrogens is 2. The fourth-order valence-electron chi connectivity index (χ4n) is 2.19. The number of pyridine rings is 2. The third kappa shape index (κ3) is 6.47. The van der Waals surface area contributed by atoms with E-state index in [2.05, 4.69) is 9.97 Å². The van der Waals surface area contributed by atoms with Crippen LogP contribution in [0.4, 0.5) is 4.39 Å². The summed E-state index contributed by atoms with van der Waals surface area (Å²) in [5.41, 5.74) is 0.457. The number of benzene rings is 1. The Balaban J connectivity index is 0.000000232. The number of ether oxygens (including phenoxy) is 3. The van der Waals surface area contributed by atoms with Crippen LogP contribution in [0, 0.1) is 28.5 Å². The van der Waals surface area contributed by atoms with Crippen LogP contribution in [0.3, 0.4) is 0 Å². The predicted molar refractivity (Wildman–Crippen MR) is 107 cm³/mol. The van der Waals surface area contributed by atoms with Crippen LogP contribution in [0.15, 0.2) is 54.9 Å². The van der Waals surface area contributed by atoms with Crippen molar-refractivity contribution in [1.29, 1.82) is 10.5 Å². The van der Waals surface area contributed by atoms with Crippen molar-refractivity contribution in [3.63, 3.8) is 0 Å². The maximum Gasteiger partial charge on any atom is 0.187 e. The van der Waals surface area contributed by atoms with Gasteiger partial charge >= 0.3 is 0 Å². The molecule has 0 bridgehead atoms. The minimum Gasteiger partial charge on any atom is -0.491 e. The lowest BCUT2D eigenvalue weighted by Gasteiger charge is -2.10. The van der Waals surface area contributed by atoms with Gasteiger partial charge in [-0.25, -0.2) is 14.4 Å². The number of nitrogens with zero attached hydrogens (tertiary/aromatic N) is 4. The Kier molecular flexibility index (Phi) is 8.57. The van der Waals surface area contributed by atoms with Gasteiger partial charge in [0.1, 0.15) is 29.3 Å². The summed E-state index contributed by atoms with van der Waals surface area (Å²) in [5, 5.41) is 17.2. The summed E-state index contributed by atoms with van der Waals surface area (Å²) in [6, 6.07) is 16.0. The number of para-hydroxylation sites is 1. The molecule has 0 aliphatic heterocycles. The van der Waals surface area contributed by atoms with Gasteiger partial charge in [-0.05, 0) is 26.0 Å². The lowest BCUT2D eigenvalue weighted by Crippen LogP contribution is -1.97. The van der Waals surface area contributed by atoms with E-state index in [-0.39, 0.29) is 11.4 Å². The first kappa shape index (κ1) is 22.1. The van der Waals surface area contributed by atoms with Crippen molar-refractivity contribution in [3.8, 4) is 35.1 Å². The molecule has 3 rings (SSSR count). The maximum absolute atomic E-state index is 12.8. The molecule has 0 unspecified atom stereocenters. The largest absolute Gasteiger partial charge is 0.491 e. The number of rotatable bonds is 6. The van der Waals surface area contributed by atoms with E-state index in [1.165, 1.54) is 12.3 Å². The van der Waals surface area contributed by atoms with Gasteiger partial charge in [0, 0.05) is 12.1 Å². The highest BCUT2D eigenvalue weighted by molar-refractivity contribution is 5.44. The van der Waals surface area contributed by atoms with E-state index in [9.17, 15) is 4.39 Å². The van der Waals surface area contributed by atoms with Crippen molar-refractivity contribution in [3.05, 3.63) is 72.1 Å². The van der Waals surface area contributed by atoms with Gasteiger partial charge in [-0.2, -0.15) is 10.5 Å². The van der Waals surface area contributed by atoms with Gasteiger partial charge in [0.25, 0.3) is 0 Å². The van der Waals surface area contributed by atoms with Crippen molar-refractivity contribution in [2.24, 2.45) is 0 Å². The van der Waals surface area contributed by atoms with Crippen molar-refractivity contribution >= 4 is 0 Å². The molecule has 0 fully saturated rings. The van der Waals surface area contributed by atoms with Gasteiger partial charge in [0.15, 0.2) is 23.1 Å². The fraction of sp³-hybridized carbons (Fsp3) is 0.182. The molecule has 0 amide bonds. The molecule has 2 heterocycles. The molecule has 0 saturated heterocycles. The average Bonchev–Trinajstić information content (AvgIpc) is 2.78. The molecular formula is C22H19FN4O3. The molecule has 3 aromatic rings. The van der Waals surface area contributed by atoms with Crippen LogP contribution in [-0.2, 0) is 0 Å². The van der Waals surface area contributed by atoms with Crippen molar-refractivity contribution in [2.75, 3.05) is 13.2 Å². The summed E-state index contributed by atoms with van der Waals surface area (Å²) in [7, 11) is 0. The zero-order valence-electron chi connectivity index (χ0n) is 16.5. The zero-order chi connectivity index (χ0) is 21.8. The van der Waals surface area contributed by atoms with Crippen LogP contribution >= 0.6 is 0 Å². The van der Waals surface area contributed by atoms with E-state index in [1.54, 1.807) is 19.1 Å². The van der Waals surface area contributed by atoms with Crippen LogP contribution in [0.25, 0.3) is 0 Å². The number of hydrogen-bond acceptors (Lipinski definition) is 7. The minimum atomic E-state index is -0.546. The Hall–Kier alpha value is -4.17. The Morgan fingerprint density at radius 1 is 0.833 bits per heavy atom. The molecule has 152 valence electrons. The topological polar surface area (TPSA) is 101 Å². The van der Waals surface area contributed by atoms with Crippen LogP contribution in [0.2, 0.25) is 0 Å². The zero-order valence-corrected chi connectivity index (χ0v) is 16.5. The van der Waals surface area contributed by atoms with Crippen LogP contribution in [0.5, 0.6) is 23.0 Å². The summed E-state index contributed by atoms with van der Waals surface area (Å²) < 4.78 is 28.8. The summed E-state index contributed by atoms with van der Waals surface area (Å²) in [4.78, 5) is 7.49. The molecule has 0 saturated carbocycles. The molecular weight excluding hydrogens is 387 g/mol. The first-order valence-electron chi connectivity index (χ1n) is 9.05. The van der Waals surface area contributed by atoms with E-state index < -0.39 is 5.82 Å². The third-order valence-corrected chi connectivity index (χ3v) is 3.45. The lowest BCUT2D eigenvalue weighted by molar-refractivity contribution is 0.320. The van der Waals surface area contributed by atoms with Gasteiger partial charge in [-0.1, -0.05) is 18.2 Å². The molecule has 8 heteroatoms. The average molecular weight is 406 g/mol. The summed E-state index contributed by atoms with van der Waals surface area (Å²) >= 11 is 0. The Morgan fingerprint density at radius 2 is 1.40 bits per heavy atom. The fourth-order valence-corrected chi connectivity index (χ4v) is 2.19. The highest BCUT2D eigenvalue weighted by atomic mass is 19.1. The lowest BCUT2D eigenvalue weighted by atomic mass is 10.3. The highest BCUT2D eigenvalue weighted by Gasteiger charge is 2.08. The Morgan fingerprint density at radius 3 is 2.00 bits per heavy atom. The van der Waals surface area contributed by atoms with Gasteiger partial charge in [0.2, 0.25) is 0 Å². The van der Waals surface area contributed by atoms with Crippen molar-refractivity contribution in [1.82, 2.24) is 9.97 Å². The second kappa shape index (κ2) is 11.6. The number of nitriles is 2. The highest BCUT2D eigenvalue weighted by Crippen LogP contribution is 2.31. The van der Waals surface area contributed by atoms with Crippen molar-refractivity contribution in [2.45, 2.75) is 13.8 Å². The normalized spacial score (nSPS) is 9.37. The van der Waals surface area contributed by atoms with Gasteiger partial charge in [-0.15, -0.1) is 0 Å². The molecule has 1 aromatic carbocycles.